The average molecular weight is 472 g/mol. The van der Waals surface area contributed by atoms with Crippen LogP contribution in [0.1, 0.15) is 5.56 Å². The van der Waals surface area contributed by atoms with Gasteiger partial charge in [0, 0.05) is 23.2 Å². The van der Waals surface area contributed by atoms with Gasteiger partial charge in [-0.1, -0.05) is 52.3 Å². The van der Waals surface area contributed by atoms with E-state index in [4.69, 9.17) is 4.74 Å². The van der Waals surface area contributed by atoms with Crippen LogP contribution < -0.4 is 10.1 Å². The summed E-state index contributed by atoms with van der Waals surface area (Å²) in [6.07, 6.45) is 1.88. The number of nitrogens with one attached hydrogen (secondary N) is 1. The Morgan fingerprint density at radius 1 is 0.871 bits per heavy atom. The maximum atomic E-state index is 5.91. The third kappa shape index (κ3) is 4.48. The molecule has 0 unspecified atom stereocenters. The minimum atomic E-state index is 0.626. The first-order chi connectivity index (χ1) is 15.3. The van der Waals surface area contributed by atoms with E-state index in [0.717, 1.165) is 40.0 Å². The number of ether oxygens (including phenoxy) is 1. The summed E-state index contributed by atoms with van der Waals surface area (Å²) < 4.78 is 9.11. The minimum absolute atomic E-state index is 0.626. The molecular formula is C26H22BrN3O. The van der Waals surface area contributed by atoms with Crippen molar-refractivity contribution >= 4 is 37.7 Å². The molecule has 154 valence electrons. The van der Waals surface area contributed by atoms with Crippen molar-refractivity contribution in [2.75, 3.05) is 13.2 Å². The van der Waals surface area contributed by atoms with Crippen LogP contribution in [0, 0.1) is 0 Å². The maximum absolute atomic E-state index is 5.91. The van der Waals surface area contributed by atoms with Gasteiger partial charge in [0.25, 0.3) is 0 Å². The normalized spacial score (nSPS) is 11.3. The third-order valence-corrected chi connectivity index (χ3v) is 5.81. The van der Waals surface area contributed by atoms with Gasteiger partial charge in [-0.05, 0) is 64.9 Å². The minimum Gasteiger partial charge on any atom is -0.492 e. The summed E-state index contributed by atoms with van der Waals surface area (Å²) in [6.45, 7) is 2.22. The molecule has 5 rings (SSSR count). The summed E-state index contributed by atoms with van der Waals surface area (Å²) in [5.74, 6) is 0.897. The second-order valence-electron chi connectivity index (χ2n) is 7.45. The van der Waals surface area contributed by atoms with E-state index in [0.29, 0.717) is 6.61 Å². The Morgan fingerprint density at radius 3 is 2.58 bits per heavy atom. The van der Waals surface area contributed by atoms with Gasteiger partial charge in [-0.2, -0.15) is 0 Å². The van der Waals surface area contributed by atoms with Gasteiger partial charge in [0.1, 0.15) is 18.7 Å². The molecular weight excluding hydrogens is 450 g/mol. The van der Waals surface area contributed by atoms with Gasteiger partial charge in [-0.3, -0.25) is 4.57 Å². The molecule has 0 amide bonds. The highest BCUT2D eigenvalue weighted by Crippen LogP contribution is 2.24. The summed E-state index contributed by atoms with van der Waals surface area (Å²) in [4.78, 5) is 4.47. The summed E-state index contributed by atoms with van der Waals surface area (Å²) in [5, 5.41) is 5.83. The summed E-state index contributed by atoms with van der Waals surface area (Å²) >= 11 is 3.51. The van der Waals surface area contributed by atoms with Gasteiger partial charge in [-0.25, -0.2) is 4.98 Å². The number of rotatable bonds is 7. The monoisotopic (exact) mass is 471 g/mol. The zero-order valence-corrected chi connectivity index (χ0v) is 18.5. The van der Waals surface area contributed by atoms with Gasteiger partial charge in [0.2, 0.25) is 0 Å². The van der Waals surface area contributed by atoms with Crippen LogP contribution in [0.3, 0.4) is 0 Å². The van der Waals surface area contributed by atoms with Crippen LogP contribution in [0.2, 0.25) is 0 Å². The lowest BCUT2D eigenvalue weighted by Crippen LogP contribution is -2.20. The summed E-state index contributed by atoms with van der Waals surface area (Å²) in [5.41, 5.74) is 4.48. The number of imidazole rings is 1. The van der Waals surface area contributed by atoms with E-state index in [-0.39, 0.29) is 0 Å². The van der Waals surface area contributed by atoms with Crippen LogP contribution in [-0.4, -0.2) is 22.7 Å². The lowest BCUT2D eigenvalue weighted by Gasteiger charge is -2.10. The molecule has 0 spiro atoms. The van der Waals surface area contributed by atoms with Gasteiger partial charge >= 0.3 is 0 Å². The second kappa shape index (κ2) is 8.92. The van der Waals surface area contributed by atoms with Gasteiger partial charge in [0.15, 0.2) is 0 Å². The Hall–Kier alpha value is -3.15. The van der Waals surface area contributed by atoms with Crippen molar-refractivity contribution in [3.8, 4) is 11.4 Å². The molecule has 1 N–H and O–H groups in total. The van der Waals surface area contributed by atoms with Crippen molar-refractivity contribution in [2.24, 2.45) is 0 Å². The van der Waals surface area contributed by atoms with Crippen LogP contribution in [0.25, 0.3) is 27.5 Å². The molecule has 1 heterocycles. The number of halogens is 1. The molecule has 0 aliphatic heterocycles. The SMILES string of the molecule is Brc1ccc2cc(OCCNCc3ccc(-n4cnc5ccccc54)cc3)ccc2c1. The van der Waals surface area contributed by atoms with Crippen molar-refractivity contribution in [2.45, 2.75) is 6.54 Å². The molecule has 0 bridgehead atoms. The van der Waals surface area contributed by atoms with Gasteiger partial charge in [-0.15, -0.1) is 0 Å². The first-order valence-corrected chi connectivity index (χ1v) is 11.1. The lowest BCUT2D eigenvalue weighted by molar-refractivity contribution is 0.314. The molecule has 0 aliphatic rings. The fourth-order valence-electron chi connectivity index (χ4n) is 3.70. The van der Waals surface area contributed by atoms with Gasteiger partial charge in [0.05, 0.1) is 11.0 Å². The van der Waals surface area contributed by atoms with Gasteiger partial charge < -0.3 is 10.1 Å². The molecule has 5 aromatic rings. The number of para-hydroxylation sites is 2. The highest BCUT2D eigenvalue weighted by atomic mass is 79.9. The lowest BCUT2D eigenvalue weighted by atomic mass is 10.1. The van der Waals surface area contributed by atoms with E-state index in [1.54, 1.807) is 0 Å². The second-order valence-corrected chi connectivity index (χ2v) is 8.36. The molecule has 4 nitrogen and oxygen atoms in total. The highest BCUT2D eigenvalue weighted by Gasteiger charge is 2.04. The topological polar surface area (TPSA) is 39.1 Å². The maximum Gasteiger partial charge on any atom is 0.120 e. The Bertz CT molecular complexity index is 1330. The van der Waals surface area contributed by atoms with E-state index >= 15 is 0 Å². The van der Waals surface area contributed by atoms with E-state index < -0.39 is 0 Å². The van der Waals surface area contributed by atoms with E-state index in [1.807, 2.05) is 36.7 Å². The van der Waals surface area contributed by atoms with Crippen LogP contribution >= 0.6 is 15.9 Å². The molecule has 0 aliphatic carbocycles. The Balaban J connectivity index is 1.13. The molecule has 4 aromatic carbocycles. The summed E-state index contributed by atoms with van der Waals surface area (Å²) in [7, 11) is 0. The van der Waals surface area contributed by atoms with Crippen LogP contribution in [0.15, 0.2) is 95.7 Å². The first-order valence-electron chi connectivity index (χ1n) is 10.3. The average Bonchev–Trinajstić information content (AvgIpc) is 3.23. The Morgan fingerprint density at radius 2 is 1.68 bits per heavy atom. The molecule has 0 atom stereocenters. The largest absolute Gasteiger partial charge is 0.492 e. The predicted octanol–water partition coefficient (Wildman–Crippen LogP) is 6.11. The molecule has 0 saturated carbocycles. The fourth-order valence-corrected chi connectivity index (χ4v) is 4.08. The standard InChI is InChI=1S/C26H22BrN3O/c27-22-9-7-21-16-24(12-8-20(21)15-22)31-14-13-28-17-19-5-10-23(11-6-19)30-18-29-25-3-1-2-4-26(25)30/h1-12,15-16,18,28H,13-14,17H2. The van der Waals surface area contributed by atoms with Crippen molar-refractivity contribution in [1.82, 2.24) is 14.9 Å². The number of benzene rings is 4. The van der Waals surface area contributed by atoms with Crippen molar-refractivity contribution in [3.05, 3.63) is 101 Å². The van der Waals surface area contributed by atoms with Crippen LogP contribution in [-0.2, 0) is 6.54 Å². The molecule has 5 heteroatoms. The molecule has 0 saturated heterocycles. The quantitative estimate of drug-likeness (QED) is 0.291. The third-order valence-electron chi connectivity index (χ3n) is 5.32. The number of aromatic nitrogens is 2. The first kappa shape index (κ1) is 19.8. The van der Waals surface area contributed by atoms with Crippen molar-refractivity contribution in [3.63, 3.8) is 0 Å². The number of hydrogen-bond donors (Lipinski definition) is 1. The van der Waals surface area contributed by atoms with E-state index in [2.05, 4.69) is 85.4 Å². The van der Waals surface area contributed by atoms with E-state index in [1.165, 1.54) is 16.3 Å². The molecule has 1 aromatic heterocycles. The zero-order valence-electron chi connectivity index (χ0n) is 17.0. The van der Waals surface area contributed by atoms with Crippen molar-refractivity contribution < 1.29 is 4.74 Å². The van der Waals surface area contributed by atoms with Crippen molar-refractivity contribution in [1.29, 1.82) is 0 Å². The number of nitrogens with zero attached hydrogens (tertiary/aromatic N) is 2. The van der Waals surface area contributed by atoms with E-state index in [9.17, 15) is 0 Å². The number of hydrogen-bond acceptors (Lipinski definition) is 3. The molecule has 0 fully saturated rings. The van der Waals surface area contributed by atoms with Crippen LogP contribution in [0.4, 0.5) is 0 Å². The smallest absolute Gasteiger partial charge is 0.120 e. The highest BCUT2D eigenvalue weighted by molar-refractivity contribution is 9.10. The summed E-state index contributed by atoms with van der Waals surface area (Å²) in [6, 6.07) is 29.2. The molecule has 0 radical (unpaired) electrons. The Kier molecular flexibility index (Phi) is 5.69. The molecule has 31 heavy (non-hydrogen) atoms. The zero-order chi connectivity index (χ0) is 21.0. The number of fused-ring (bicyclic) bond motifs is 2. The Labute approximate surface area is 189 Å². The fraction of sp³-hybridized carbons (Fsp3) is 0.115. The van der Waals surface area contributed by atoms with Crippen LogP contribution in [0.5, 0.6) is 5.75 Å². The predicted molar refractivity (Wildman–Crippen MR) is 130 cm³/mol.